The summed E-state index contributed by atoms with van der Waals surface area (Å²) in [6.45, 7) is 0.243. The van der Waals surface area contributed by atoms with Gasteiger partial charge in [-0.25, -0.2) is 28.6 Å². The van der Waals surface area contributed by atoms with Gasteiger partial charge in [0.15, 0.2) is 23.5 Å². The minimum Gasteiger partial charge on any atom is -0.481 e. The number of phosphoric acid groups is 3. The maximum Gasteiger partial charge on any atom is 0.481 e. The first-order valence-electron chi connectivity index (χ1n) is 15.8. The molecule has 56 heavy (non-hydrogen) atoms. The number of nitrogens with one attached hydrogen (secondary N) is 2. The Kier molecular flexibility index (Phi) is 15.0. The quantitative estimate of drug-likeness (QED) is 0.0494. The van der Waals surface area contributed by atoms with Gasteiger partial charge in [0.05, 0.1) is 19.5 Å². The SMILES string of the molecule is CC(C)(COP(=O)(O)OP(=O)(O)OC[C@H]1O[C@@H](n2cnc3c(N)ncnc32)[C@H](O)[C@@H]1OP(=O)(O)O)C(O)C(=O)NCCC(=O)NCCSC(=O)c1ccc(O)o1. The standard InChI is InChI=1S/C26H38N7O19P3S/c1-26(2,20(37)23(38)29-6-5-15(34)28-7-8-56-25(39)13-3-4-16(35)49-13)10-48-55(45,46)52-54(43,44)47-9-14-19(51-53(40,41)42)18(36)24(50-14)33-12-32-17-21(27)30-11-31-22(17)33/h3-4,11-12,14,18-20,24,35-37H,5-10H2,1-2H3,(H,28,34)(H,29,38)(H,43,44)(H,45,46)(H2,27,30,31)(H2,40,41,42)/t14-,18-,19-,20?,24-/m1/s1. The molecule has 3 unspecified atom stereocenters. The van der Waals surface area contributed by atoms with Gasteiger partial charge in [0.1, 0.15) is 36.3 Å². The zero-order chi connectivity index (χ0) is 41.6. The van der Waals surface area contributed by atoms with Crippen molar-refractivity contribution in [2.45, 2.75) is 50.9 Å². The molecule has 0 radical (unpaired) electrons. The number of aromatic hydroxyl groups is 1. The Balaban J connectivity index is 1.23. The van der Waals surface area contributed by atoms with E-state index in [4.69, 9.17) is 29.0 Å². The fourth-order valence-electron chi connectivity index (χ4n) is 4.78. The molecule has 4 heterocycles. The molecule has 0 aromatic carbocycles. The average molecular weight is 878 g/mol. The monoisotopic (exact) mass is 877 g/mol. The Bertz CT molecular complexity index is 2030. The van der Waals surface area contributed by atoms with Crippen molar-refractivity contribution in [1.29, 1.82) is 0 Å². The molecule has 30 heteroatoms. The molecule has 312 valence electrons. The maximum atomic E-state index is 12.7. The van der Waals surface area contributed by atoms with E-state index in [0.29, 0.717) is 0 Å². The first kappa shape index (κ1) is 45.3. The van der Waals surface area contributed by atoms with E-state index < -0.39 is 95.6 Å². The van der Waals surface area contributed by atoms with Gasteiger partial charge in [-0.1, -0.05) is 25.6 Å². The number of amides is 2. The van der Waals surface area contributed by atoms with Crippen LogP contribution in [-0.4, -0.2) is 128 Å². The minimum absolute atomic E-state index is 0.0223. The lowest BCUT2D eigenvalue weighted by atomic mass is 9.87. The molecular weight excluding hydrogens is 839 g/mol. The average Bonchev–Trinajstić information content (AvgIpc) is 3.81. The minimum atomic E-state index is -5.58. The molecule has 0 bridgehead atoms. The predicted octanol–water partition coefficient (Wildman–Crippen LogP) is -0.723. The van der Waals surface area contributed by atoms with Crippen molar-refractivity contribution >= 4 is 69.1 Å². The van der Waals surface area contributed by atoms with Gasteiger partial charge in [0, 0.05) is 36.7 Å². The summed E-state index contributed by atoms with van der Waals surface area (Å²) in [5.74, 6) is -1.87. The van der Waals surface area contributed by atoms with Gasteiger partial charge in [-0.05, 0) is 6.07 Å². The van der Waals surface area contributed by atoms with Gasteiger partial charge in [0.2, 0.25) is 11.8 Å². The van der Waals surface area contributed by atoms with E-state index in [-0.39, 0.29) is 48.0 Å². The Morgan fingerprint density at radius 2 is 1.75 bits per heavy atom. The molecule has 1 aliphatic rings. The van der Waals surface area contributed by atoms with Crippen molar-refractivity contribution in [2.24, 2.45) is 5.41 Å². The zero-order valence-electron chi connectivity index (χ0n) is 29.1. The van der Waals surface area contributed by atoms with E-state index in [1.807, 2.05) is 0 Å². The van der Waals surface area contributed by atoms with Crippen LogP contribution in [0, 0.1) is 5.41 Å². The zero-order valence-corrected chi connectivity index (χ0v) is 32.6. The lowest BCUT2D eigenvalue weighted by Gasteiger charge is -2.30. The van der Waals surface area contributed by atoms with Crippen molar-refractivity contribution in [2.75, 3.05) is 37.8 Å². The Hall–Kier alpha value is -3.36. The van der Waals surface area contributed by atoms with Gasteiger partial charge >= 0.3 is 23.5 Å². The van der Waals surface area contributed by atoms with Crippen LogP contribution in [0.15, 0.2) is 29.2 Å². The maximum absolute atomic E-state index is 12.7. The molecule has 2 amide bonds. The van der Waals surface area contributed by atoms with E-state index in [0.717, 1.165) is 29.0 Å². The number of hydrogen-bond acceptors (Lipinski definition) is 20. The van der Waals surface area contributed by atoms with Crippen molar-refractivity contribution in [3.63, 3.8) is 0 Å². The molecular formula is C26H38N7O19P3S. The number of aliphatic hydroxyl groups is 2. The van der Waals surface area contributed by atoms with Gasteiger partial charge < -0.3 is 60.4 Å². The number of carbonyl (C=O) groups excluding carboxylic acids is 3. The van der Waals surface area contributed by atoms with Crippen LogP contribution in [-0.2, 0) is 45.9 Å². The molecule has 3 aromatic rings. The fraction of sp³-hybridized carbons (Fsp3) is 0.538. The number of phosphoric ester groups is 3. The predicted molar refractivity (Wildman–Crippen MR) is 187 cm³/mol. The van der Waals surface area contributed by atoms with Crippen LogP contribution in [0.1, 0.15) is 37.1 Å². The number of aliphatic hydroxyl groups excluding tert-OH is 2. The molecule has 7 atom stereocenters. The van der Waals surface area contributed by atoms with Crippen LogP contribution < -0.4 is 16.4 Å². The lowest BCUT2D eigenvalue weighted by molar-refractivity contribution is -0.137. The summed E-state index contributed by atoms with van der Waals surface area (Å²) in [5.41, 5.74) is 4.21. The summed E-state index contributed by atoms with van der Waals surface area (Å²) in [5, 5.41) is 34.9. The van der Waals surface area contributed by atoms with E-state index in [1.54, 1.807) is 0 Å². The first-order chi connectivity index (χ1) is 26.0. The molecule has 4 rings (SSSR count). The lowest BCUT2D eigenvalue weighted by Crippen LogP contribution is -2.46. The number of rotatable bonds is 20. The van der Waals surface area contributed by atoms with Gasteiger partial charge in [0.25, 0.3) is 11.1 Å². The smallest absolute Gasteiger partial charge is 0.481 e. The molecule has 0 saturated carbocycles. The van der Waals surface area contributed by atoms with Gasteiger partial charge in [-0.3, -0.25) is 32.5 Å². The molecule has 11 N–H and O–H groups in total. The van der Waals surface area contributed by atoms with E-state index >= 15 is 0 Å². The number of thioether (sulfide) groups is 1. The number of imidazole rings is 1. The van der Waals surface area contributed by atoms with Crippen molar-refractivity contribution in [3.05, 3.63) is 30.5 Å². The van der Waals surface area contributed by atoms with Crippen molar-refractivity contribution in [3.8, 4) is 5.95 Å². The molecule has 26 nitrogen and oxygen atoms in total. The summed E-state index contributed by atoms with van der Waals surface area (Å²) >= 11 is 0.832. The summed E-state index contributed by atoms with van der Waals surface area (Å²) in [4.78, 5) is 87.4. The number of ether oxygens (including phenoxy) is 1. The van der Waals surface area contributed by atoms with Gasteiger partial charge in [-0.2, -0.15) is 4.31 Å². The number of nitrogens with zero attached hydrogens (tertiary/aromatic N) is 4. The largest absolute Gasteiger partial charge is 0.481 e. The van der Waals surface area contributed by atoms with Crippen molar-refractivity contribution in [1.82, 2.24) is 30.2 Å². The second kappa shape index (κ2) is 18.5. The third kappa shape index (κ3) is 12.6. The van der Waals surface area contributed by atoms with Gasteiger partial charge in [-0.15, -0.1) is 0 Å². The summed E-state index contributed by atoms with van der Waals surface area (Å²) < 4.78 is 66.8. The highest BCUT2D eigenvalue weighted by Gasteiger charge is 2.50. The Morgan fingerprint density at radius 3 is 2.41 bits per heavy atom. The summed E-state index contributed by atoms with van der Waals surface area (Å²) in [6.07, 6.45) is -7.06. The third-order valence-corrected chi connectivity index (χ3v) is 11.5. The van der Waals surface area contributed by atoms with Crippen LogP contribution in [0.3, 0.4) is 0 Å². The normalized spacial score (nSPS) is 21.6. The molecule has 1 saturated heterocycles. The van der Waals surface area contributed by atoms with Crippen LogP contribution in [0.5, 0.6) is 5.95 Å². The van der Waals surface area contributed by atoms with Crippen LogP contribution >= 0.6 is 35.2 Å². The molecule has 0 spiro atoms. The van der Waals surface area contributed by atoms with E-state index in [2.05, 4.69) is 34.4 Å². The number of fused-ring (bicyclic) bond motifs is 1. The number of nitrogen functional groups attached to an aromatic ring is 1. The number of anilines is 1. The Labute approximate surface area is 319 Å². The highest BCUT2D eigenvalue weighted by molar-refractivity contribution is 8.14. The molecule has 3 aromatic heterocycles. The van der Waals surface area contributed by atoms with Crippen LogP contribution in [0.2, 0.25) is 0 Å². The molecule has 1 fully saturated rings. The Morgan fingerprint density at radius 1 is 1.05 bits per heavy atom. The fourth-order valence-corrected chi connectivity index (χ4v) is 8.25. The third-order valence-electron chi connectivity index (χ3n) is 7.53. The van der Waals surface area contributed by atoms with Crippen LogP contribution in [0.4, 0.5) is 5.82 Å². The molecule has 1 aliphatic heterocycles. The van der Waals surface area contributed by atoms with E-state index in [9.17, 15) is 57.9 Å². The summed E-state index contributed by atoms with van der Waals surface area (Å²) in [7, 11) is -16.4. The van der Waals surface area contributed by atoms with Crippen LogP contribution in [0.25, 0.3) is 11.2 Å². The van der Waals surface area contributed by atoms with Crippen molar-refractivity contribution < 1.29 is 90.0 Å². The topological polar surface area (TPSA) is 397 Å². The number of nitrogens with two attached hydrogens (primary N) is 1. The molecule has 0 aliphatic carbocycles. The number of carbonyl (C=O) groups is 3. The number of aromatic nitrogens is 4. The summed E-state index contributed by atoms with van der Waals surface area (Å²) in [6, 6.07) is 2.49. The number of hydrogen-bond donors (Lipinski definition) is 10. The highest BCUT2D eigenvalue weighted by atomic mass is 32.2. The van der Waals surface area contributed by atoms with E-state index in [1.165, 1.54) is 26.0 Å². The highest BCUT2D eigenvalue weighted by Crippen LogP contribution is 2.61. The second-order valence-electron chi connectivity index (χ2n) is 12.3. The number of furan rings is 1. The first-order valence-corrected chi connectivity index (χ1v) is 21.3. The second-order valence-corrected chi connectivity index (χ2v) is 17.6.